The summed E-state index contributed by atoms with van der Waals surface area (Å²) in [7, 11) is 3.25. The molecule has 0 saturated carbocycles. The lowest BCUT2D eigenvalue weighted by Gasteiger charge is -2.36. The first-order chi connectivity index (χ1) is 14.1. The van der Waals surface area contributed by atoms with Crippen molar-refractivity contribution < 1.29 is 18.3 Å². The van der Waals surface area contributed by atoms with Crippen LogP contribution < -0.4 is 14.4 Å². The van der Waals surface area contributed by atoms with Crippen LogP contribution in [0.2, 0.25) is 0 Å². The molecular weight excluding hydrogens is 376 g/mol. The third kappa shape index (κ3) is 3.82. The van der Waals surface area contributed by atoms with Crippen LogP contribution in [0, 0.1) is 11.6 Å². The molecule has 0 aliphatic carbocycles. The second-order valence-corrected chi connectivity index (χ2v) is 7.04. The van der Waals surface area contributed by atoms with E-state index in [1.807, 2.05) is 18.2 Å². The Bertz CT molecular complexity index is 1020. The van der Waals surface area contributed by atoms with Crippen LogP contribution in [0.5, 0.6) is 11.5 Å². The van der Waals surface area contributed by atoms with Crippen LogP contribution in [0.1, 0.15) is 5.56 Å². The molecule has 1 fully saturated rings. The maximum Gasteiger partial charge on any atom is 0.161 e. The summed E-state index contributed by atoms with van der Waals surface area (Å²) in [6.45, 7) is 3.86. The molecule has 0 radical (unpaired) electrons. The Balaban J connectivity index is 1.48. The molecular formula is C22H23F2N3O2. The predicted octanol–water partition coefficient (Wildman–Crippen LogP) is 3.85. The Morgan fingerprint density at radius 1 is 0.897 bits per heavy atom. The zero-order valence-electron chi connectivity index (χ0n) is 16.5. The average Bonchev–Trinajstić information content (AvgIpc) is 2.76. The molecule has 2 aromatic carbocycles. The summed E-state index contributed by atoms with van der Waals surface area (Å²) in [6, 6.07) is 9.97. The summed E-state index contributed by atoms with van der Waals surface area (Å²) in [5.74, 6) is 0.469. The number of benzene rings is 2. The molecule has 5 nitrogen and oxygen atoms in total. The van der Waals surface area contributed by atoms with Crippen LogP contribution in [0.3, 0.4) is 0 Å². The third-order valence-corrected chi connectivity index (χ3v) is 5.34. The first kappa shape index (κ1) is 19.4. The molecule has 1 saturated heterocycles. The van der Waals surface area contributed by atoms with Gasteiger partial charge in [-0.15, -0.1) is 0 Å². The number of aromatic nitrogens is 1. The van der Waals surface area contributed by atoms with Crippen LogP contribution in [-0.2, 0) is 6.54 Å². The number of halogens is 2. The SMILES string of the molecule is COc1ccc(CN2CCN(c3ccnc4c(F)ccc(F)c34)CC2)cc1OC. The minimum atomic E-state index is -0.504. The Morgan fingerprint density at radius 2 is 1.62 bits per heavy atom. The largest absolute Gasteiger partial charge is 0.493 e. The smallest absolute Gasteiger partial charge is 0.161 e. The summed E-state index contributed by atoms with van der Waals surface area (Å²) in [5, 5.41) is 0.251. The fraction of sp³-hybridized carbons (Fsp3) is 0.318. The molecule has 7 heteroatoms. The summed E-state index contributed by atoms with van der Waals surface area (Å²) in [4.78, 5) is 8.45. The minimum absolute atomic E-state index is 0.0789. The number of rotatable bonds is 5. The highest BCUT2D eigenvalue weighted by molar-refractivity contribution is 5.92. The highest BCUT2D eigenvalue weighted by Crippen LogP contribution is 2.31. The lowest BCUT2D eigenvalue weighted by atomic mass is 10.1. The predicted molar refractivity (Wildman–Crippen MR) is 109 cm³/mol. The van der Waals surface area contributed by atoms with Crippen molar-refractivity contribution in [3.05, 3.63) is 59.8 Å². The number of hydrogen-bond acceptors (Lipinski definition) is 5. The van der Waals surface area contributed by atoms with Gasteiger partial charge in [0.1, 0.15) is 17.2 Å². The molecule has 0 bridgehead atoms. The van der Waals surface area contributed by atoms with Crippen LogP contribution in [0.4, 0.5) is 14.5 Å². The van der Waals surface area contributed by atoms with E-state index in [0.29, 0.717) is 17.2 Å². The zero-order chi connectivity index (χ0) is 20.4. The van der Waals surface area contributed by atoms with E-state index in [0.717, 1.165) is 50.4 Å². The van der Waals surface area contributed by atoms with Crippen molar-refractivity contribution in [2.75, 3.05) is 45.3 Å². The lowest BCUT2D eigenvalue weighted by molar-refractivity contribution is 0.249. The van der Waals surface area contributed by atoms with E-state index in [4.69, 9.17) is 9.47 Å². The summed E-state index contributed by atoms with van der Waals surface area (Å²) in [5.41, 5.74) is 1.91. The standard InChI is InChI=1S/C22H23F2N3O2/c1-28-19-6-3-15(13-20(19)29-2)14-26-9-11-27(12-10-26)18-7-8-25-22-17(24)5-4-16(23)21(18)22/h3-8,13H,9-12,14H2,1-2H3. The third-order valence-electron chi connectivity index (χ3n) is 5.34. The Morgan fingerprint density at radius 3 is 2.34 bits per heavy atom. The molecule has 4 rings (SSSR count). The molecule has 1 aliphatic rings. The van der Waals surface area contributed by atoms with Gasteiger partial charge < -0.3 is 14.4 Å². The van der Waals surface area contributed by atoms with Gasteiger partial charge >= 0.3 is 0 Å². The number of piperazine rings is 1. The molecule has 0 N–H and O–H groups in total. The summed E-state index contributed by atoms with van der Waals surface area (Å²) >= 11 is 0. The molecule has 0 amide bonds. The molecule has 0 atom stereocenters. The minimum Gasteiger partial charge on any atom is -0.493 e. The second kappa shape index (κ2) is 8.21. The number of anilines is 1. The van der Waals surface area contributed by atoms with E-state index in [1.54, 1.807) is 20.3 Å². The van der Waals surface area contributed by atoms with Crippen molar-refractivity contribution in [1.82, 2.24) is 9.88 Å². The van der Waals surface area contributed by atoms with Crippen molar-refractivity contribution in [1.29, 1.82) is 0 Å². The number of ether oxygens (including phenoxy) is 2. The van der Waals surface area contributed by atoms with Gasteiger partial charge in [-0.05, 0) is 35.9 Å². The van der Waals surface area contributed by atoms with Crippen LogP contribution in [-0.4, -0.2) is 50.3 Å². The highest BCUT2D eigenvalue weighted by atomic mass is 19.1. The molecule has 29 heavy (non-hydrogen) atoms. The molecule has 3 aromatic rings. The van der Waals surface area contributed by atoms with Gasteiger partial charge in [0.25, 0.3) is 0 Å². The van der Waals surface area contributed by atoms with Crippen molar-refractivity contribution in [2.24, 2.45) is 0 Å². The number of fused-ring (bicyclic) bond motifs is 1. The van der Waals surface area contributed by atoms with Gasteiger partial charge in [-0.2, -0.15) is 0 Å². The quantitative estimate of drug-likeness (QED) is 0.652. The van der Waals surface area contributed by atoms with Gasteiger partial charge in [0, 0.05) is 38.9 Å². The highest BCUT2D eigenvalue weighted by Gasteiger charge is 2.21. The van der Waals surface area contributed by atoms with E-state index < -0.39 is 11.6 Å². The first-order valence-electron chi connectivity index (χ1n) is 9.51. The lowest BCUT2D eigenvalue weighted by Crippen LogP contribution is -2.46. The summed E-state index contributed by atoms with van der Waals surface area (Å²) < 4.78 is 39.1. The maximum absolute atomic E-state index is 14.4. The van der Waals surface area contributed by atoms with Crippen molar-refractivity contribution in [3.63, 3.8) is 0 Å². The Kier molecular flexibility index (Phi) is 5.49. The van der Waals surface area contributed by atoms with Gasteiger partial charge in [0.05, 0.1) is 25.3 Å². The molecule has 0 spiro atoms. The van der Waals surface area contributed by atoms with E-state index in [2.05, 4.69) is 14.8 Å². The van der Waals surface area contributed by atoms with Crippen molar-refractivity contribution in [3.8, 4) is 11.5 Å². The molecule has 2 heterocycles. The van der Waals surface area contributed by atoms with Crippen LogP contribution >= 0.6 is 0 Å². The molecule has 152 valence electrons. The van der Waals surface area contributed by atoms with E-state index in [9.17, 15) is 8.78 Å². The molecule has 1 aliphatic heterocycles. The monoisotopic (exact) mass is 399 g/mol. The van der Waals surface area contributed by atoms with Crippen LogP contribution in [0.15, 0.2) is 42.6 Å². The number of nitrogens with zero attached hydrogens (tertiary/aromatic N) is 3. The fourth-order valence-electron chi connectivity index (χ4n) is 3.82. The number of pyridine rings is 1. The topological polar surface area (TPSA) is 37.8 Å². The van der Waals surface area contributed by atoms with Crippen molar-refractivity contribution >= 4 is 16.6 Å². The van der Waals surface area contributed by atoms with Gasteiger partial charge in [0.15, 0.2) is 11.5 Å². The number of hydrogen-bond donors (Lipinski definition) is 0. The normalized spacial score (nSPS) is 15.0. The van der Waals surface area contributed by atoms with E-state index >= 15 is 0 Å². The zero-order valence-corrected chi connectivity index (χ0v) is 16.5. The van der Waals surface area contributed by atoms with Gasteiger partial charge in [-0.1, -0.05) is 6.07 Å². The van der Waals surface area contributed by atoms with Gasteiger partial charge in [-0.25, -0.2) is 8.78 Å². The van der Waals surface area contributed by atoms with Crippen LogP contribution in [0.25, 0.3) is 10.9 Å². The fourth-order valence-corrected chi connectivity index (χ4v) is 3.82. The average molecular weight is 399 g/mol. The second-order valence-electron chi connectivity index (χ2n) is 7.04. The van der Waals surface area contributed by atoms with Crippen molar-refractivity contribution in [2.45, 2.75) is 6.54 Å². The first-order valence-corrected chi connectivity index (χ1v) is 9.51. The van der Waals surface area contributed by atoms with E-state index in [1.165, 1.54) is 6.20 Å². The Hall–Kier alpha value is -2.93. The van der Waals surface area contributed by atoms with Gasteiger partial charge in [0.2, 0.25) is 0 Å². The number of methoxy groups -OCH3 is 2. The Labute approximate surface area is 168 Å². The maximum atomic E-state index is 14.4. The summed E-state index contributed by atoms with van der Waals surface area (Å²) in [6.07, 6.45) is 1.54. The molecule has 0 unspecified atom stereocenters. The van der Waals surface area contributed by atoms with Gasteiger partial charge in [-0.3, -0.25) is 9.88 Å². The van der Waals surface area contributed by atoms with E-state index in [-0.39, 0.29) is 10.9 Å². The molecule has 1 aromatic heterocycles.